The molecule has 1 nitrogen and oxygen atoms in total. The highest BCUT2D eigenvalue weighted by atomic mass is 14.7. The van der Waals surface area contributed by atoms with Gasteiger partial charge in [0.1, 0.15) is 0 Å². The second-order valence-electron chi connectivity index (χ2n) is 4.68. The molecule has 0 spiro atoms. The van der Waals surface area contributed by atoms with Gasteiger partial charge in [0.15, 0.2) is 0 Å². The summed E-state index contributed by atoms with van der Waals surface area (Å²) in [5.74, 6) is 0. The van der Waals surface area contributed by atoms with Gasteiger partial charge in [-0.1, -0.05) is 31.6 Å². The molecule has 0 saturated carbocycles. The average Bonchev–Trinajstić information content (AvgIpc) is 2.61. The topological polar surface area (TPSA) is 15.8 Å². The van der Waals surface area contributed by atoms with Crippen LogP contribution in [0.3, 0.4) is 0 Å². The van der Waals surface area contributed by atoms with Crippen LogP contribution in [-0.4, -0.2) is 4.98 Å². The van der Waals surface area contributed by atoms with Gasteiger partial charge in [0, 0.05) is 22.5 Å². The SMILES string of the molecule is C=CC(C)(C)c1c[nH]c2ccc(C)cc12. The molecule has 1 aromatic heterocycles. The Bertz CT molecular complexity index is 503. The van der Waals surface area contributed by atoms with Gasteiger partial charge in [-0.05, 0) is 24.6 Å². The third kappa shape index (κ3) is 1.58. The van der Waals surface area contributed by atoms with E-state index in [9.17, 15) is 0 Å². The summed E-state index contributed by atoms with van der Waals surface area (Å²) in [7, 11) is 0. The minimum Gasteiger partial charge on any atom is -0.361 e. The summed E-state index contributed by atoms with van der Waals surface area (Å²) in [6.45, 7) is 10.4. The van der Waals surface area contributed by atoms with Gasteiger partial charge in [-0.25, -0.2) is 0 Å². The summed E-state index contributed by atoms with van der Waals surface area (Å²) in [5.41, 5.74) is 3.83. The molecule has 2 aromatic rings. The van der Waals surface area contributed by atoms with E-state index in [0.717, 1.165) is 0 Å². The standard InChI is InChI=1S/C14H17N/c1-5-14(3,4)12-9-15-13-7-6-10(2)8-11(12)13/h5-9,15H,1H2,2-4H3. The number of nitrogens with one attached hydrogen (secondary N) is 1. The van der Waals surface area contributed by atoms with E-state index < -0.39 is 0 Å². The van der Waals surface area contributed by atoms with Crippen molar-refractivity contribution in [2.75, 3.05) is 0 Å². The average molecular weight is 199 g/mol. The summed E-state index contributed by atoms with van der Waals surface area (Å²) < 4.78 is 0. The van der Waals surface area contributed by atoms with E-state index in [1.165, 1.54) is 22.0 Å². The van der Waals surface area contributed by atoms with E-state index in [0.29, 0.717) is 0 Å². The van der Waals surface area contributed by atoms with E-state index in [2.05, 4.69) is 56.7 Å². The number of aromatic amines is 1. The zero-order chi connectivity index (χ0) is 11.1. The monoisotopic (exact) mass is 199 g/mol. The van der Waals surface area contributed by atoms with Gasteiger partial charge in [-0.15, -0.1) is 6.58 Å². The highest BCUT2D eigenvalue weighted by Crippen LogP contribution is 2.31. The molecule has 0 amide bonds. The Morgan fingerprint density at radius 3 is 2.73 bits per heavy atom. The molecule has 0 atom stereocenters. The molecule has 0 aliphatic carbocycles. The molecule has 1 N–H and O–H groups in total. The summed E-state index contributed by atoms with van der Waals surface area (Å²) in [5, 5.41) is 1.31. The molecular weight excluding hydrogens is 182 g/mol. The first-order chi connectivity index (χ1) is 7.04. The van der Waals surface area contributed by atoms with Gasteiger partial charge in [-0.2, -0.15) is 0 Å². The van der Waals surface area contributed by atoms with Gasteiger partial charge in [0.2, 0.25) is 0 Å². The number of rotatable bonds is 2. The molecular formula is C14H17N. The lowest BCUT2D eigenvalue weighted by Gasteiger charge is -2.19. The summed E-state index contributed by atoms with van der Waals surface area (Å²) in [4.78, 5) is 3.31. The largest absolute Gasteiger partial charge is 0.361 e. The van der Waals surface area contributed by atoms with Gasteiger partial charge in [0.25, 0.3) is 0 Å². The van der Waals surface area contributed by atoms with Crippen LogP contribution in [0.1, 0.15) is 25.0 Å². The molecule has 2 rings (SSSR count). The van der Waals surface area contributed by atoms with Crippen LogP contribution in [0.5, 0.6) is 0 Å². The van der Waals surface area contributed by atoms with Crippen LogP contribution in [-0.2, 0) is 5.41 Å². The van der Waals surface area contributed by atoms with E-state index in [-0.39, 0.29) is 5.41 Å². The van der Waals surface area contributed by atoms with Crippen molar-refractivity contribution < 1.29 is 0 Å². The van der Waals surface area contributed by atoms with Gasteiger partial charge in [-0.3, -0.25) is 0 Å². The first-order valence-electron chi connectivity index (χ1n) is 5.26. The van der Waals surface area contributed by atoms with Crippen LogP contribution >= 0.6 is 0 Å². The second kappa shape index (κ2) is 3.27. The maximum Gasteiger partial charge on any atom is 0.0457 e. The number of aryl methyl sites for hydroxylation is 1. The molecule has 0 saturated heterocycles. The number of aromatic nitrogens is 1. The molecule has 0 aliphatic rings. The lowest BCUT2D eigenvalue weighted by Crippen LogP contribution is -2.11. The van der Waals surface area contributed by atoms with Crippen molar-refractivity contribution in [1.82, 2.24) is 4.98 Å². The summed E-state index contributed by atoms with van der Waals surface area (Å²) >= 11 is 0. The number of fused-ring (bicyclic) bond motifs is 1. The van der Waals surface area contributed by atoms with Crippen LogP contribution in [0, 0.1) is 6.92 Å². The first kappa shape index (κ1) is 10.0. The molecule has 1 heterocycles. The molecule has 0 aliphatic heterocycles. The minimum atomic E-state index is 0.0199. The zero-order valence-electron chi connectivity index (χ0n) is 9.59. The lowest BCUT2D eigenvalue weighted by molar-refractivity contribution is 0.678. The van der Waals surface area contributed by atoms with E-state index >= 15 is 0 Å². The Balaban J connectivity index is 2.72. The number of H-pyrrole nitrogens is 1. The minimum absolute atomic E-state index is 0.0199. The molecule has 15 heavy (non-hydrogen) atoms. The summed E-state index contributed by atoms with van der Waals surface area (Å²) in [6.07, 6.45) is 4.09. The van der Waals surface area contributed by atoms with E-state index in [1.54, 1.807) is 0 Å². The van der Waals surface area contributed by atoms with E-state index in [1.807, 2.05) is 6.08 Å². The smallest absolute Gasteiger partial charge is 0.0457 e. The van der Waals surface area contributed by atoms with Crippen molar-refractivity contribution in [3.63, 3.8) is 0 Å². The van der Waals surface area contributed by atoms with Gasteiger partial charge in [0.05, 0.1) is 0 Å². The Morgan fingerprint density at radius 2 is 2.07 bits per heavy atom. The van der Waals surface area contributed by atoms with Crippen molar-refractivity contribution in [1.29, 1.82) is 0 Å². The number of hydrogen-bond donors (Lipinski definition) is 1. The quantitative estimate of drug-likeness (QED) is 0.705. The molecule has 78 valence electrons. The van der Waals surface area contributed by atoms with Crippen LogP contribution in [0.4, 0.5) is 0 Å². The van der Waals surface area contributed by atoms with Gasteiger partial charge < -0.3 is 4.98 Å². The molecule has 0 radical (unpaired) electrons. The van der Waals surface area contributed by atoms with Crippen LogP contribution < -0.4 is 0 Å². The Morgan fingerprint density at radius 1 is 1.33 bits per heavy atom. The van der Waals surface area contributed by atoms with Crippen LogP contribution in [0.15, 0.2) is 37.1 Å². The van der Waals surface area contributed by atoms with Crippen LogP contribution in [0.25, 0.3) is 10.9 Å². The fourth-order valence-corrected chi connectivity index (χ4v) is 1.88. The van der Waals surface area contributed by atoms with Crippen molar-refractivity contribution in [2.45, 2.75) is 26.2 Å². The predicted octanol–water partition coefficient (Wildman–Crippen LogP) is 3.94. The van der Waals surface area contributed by atoms with Crippen molar-refractivity contribution in [3.8, 4) is 0 Å². The third-order valence-electron chi connectivity index (χ3n) is 3.04. The first-order valence-corrected chi connectivity index (χ1v) is 5.26. The molecule has 0 fully saturated rings. The highest BCUT2D eigenvalue weighted by molar-refractivity contribution is 5.85. The van der Waals surface area contributed by atoms with Crippen molar-refractivity contribution >= 4 is 10.9 Å². The highest BCUT2D eigenvalue weighted by Gasteiger charge is 2.19. The Hall–Kier alpha value is -1.50. The molecule has 1 heteroatoms. The number of benzene rings is 1. The maximum atomic E-state index is 3.90. The number of hydrogen-bond acceptors (Lipinski definition) is 0. The zero-order valence-corrected chi connectivity index (χ0v) is 9.59. The van der Waals surface area contributed by atoms with Crippen molar-refractivity contribution in [3.05, 3.63) is 48.2 Å². The Kier molecular flexibility index (Phi) is 2.18. The normalized spacial score (nSPS) is 11.9. The van der Waals surface area contributed by atoms with Gasteiger partial charge >= 0.3 is 0 Å². The third-order valence-corrected chi connectivity index (χ3v) is 3.04. The predicted molar refractivity (Wildman–Crippen MR) is 66.3 cm³/mol. The fourth-order valence-electron chi connectivity index (χ4n) is 1.88. The summed E-state index contributed by atoms with van der Waals surface area (Å²) in [6, 6.07) is 6.49. The molecule has 0 bridgehead atoms. The van der Waals surface area contributed by atoms with Crippen LogP contribution in [0.2, 0.25) is 0 Å². The van der Waals surface area contributed by atoms with Crippen molar-refractivity contribution in [2.24, 2.45) is 0 Å². The fraction of sp³-hybridized carbons (Fsp3) is 0.286. The maximum absolute atomic E-state index is 3.90. The van der Waals surface area contributed by atoms with E-state index in [4.69, 9.17) is 0 Å². The molecule has 0 unspecified atom stereocenters. The Labute approximate surface area is 90.8 Å². The second-order valence-corrected chi connectivity index (χ2v) is 4.68. The number of allylic oxidation sites excluding steroid dienone is 1. The lowest BCUT2D eigenvalue weighted by atomic mass is 9.84. The molecule has 1 aromatic carbocycles.